The predicted octanol–water partition coefficient (Wildman–Crippen LogP) is 5.52. The van der Waals surface area contributed by atoms with Crippen LogP contribution in [0, 0.1) is 0 Å². The lowest BCUT2D eigenvalue weighted by Gasteiger charge is -2.18. The summed E-state index contributed by atoms with van der Waals surface area (Å²) in [6.45, 7) is 4.14. The van der Waals surface area contributed by atoms with Crippen molar-refractivity contribution in [1.82, 2.24) is 0 Å². The van der Waals surface area contributed by atoms with E-state index in [0.717, 1.165) is 16.2 Å². The van der Waals surface area contributed by atoms with Crippen LogP contribution in [-0.2, 0) is 9.59 Å². The number of carbonyl (C=O) groups is 3. The standard InChI is InChI=1S/C27H24ClN3O3/c1-17(2)18-12-14-22(15-13-18)31-26(33)23(28)24(27(31)34)29-20-9-7-8-19(16-20)25(32)30(3)21-10-5-4-6-11-21/h4-17,29H,1-3H3. The van der Waals surface area contributed by atoms with Crippen molar-refractivity contribution in [2.45, 2.75) is 19.8 Å². The van der Waals surface area contributed by atoms with Crippen LogP contribution in [0.3, 0.4) is 0 Å². The van der Waals surface area contributed by atoms with E-state index in [-0.39, 0.29) is 16.6 Å². The molecule has 0 bridgehead atoms. The summed E-state index contributed by atoms with van der Waals surface area (Å²) in [5.74, 6) is -1.03. The van der Waals surface area contributed by atoms with Crippen LogP contribution >= 0.6 is 11.6 Å². The van der Waals surface area contributed by atoms with Crippen molar-refractivity contribution < 1.29 is 14.4 Å². The van der Waals surface area contributed by atoms with Crippen LogP contribution in [0.1, 0.15) is 35.7 Å². The molecule has 0 aliphatic carbocycles. The van der Waals surface area contributed by atoms with Crippen LogP contribution in [0.4, 0.5) is 17.1 Å². The summed E-state index contributed by atoms with van der Waals surface area (Å²) in [6.07, 6.45) is 0. The van der Waals surface area contributed by atoms with Crippen LogP contribution < -0.4 is 15.1 Å². The first-order chi connectivity index (χ1) is 16.3. The highest BCUT2D eigenvalue weighted by Crippen LogP contribution is 2.31. The summed E-state index contributed by atoms with van der Waals surface area (Å²) >= 11 is 6.26. The van der Waals surface area contributed by atoms with Gasteiger partial charge in [-0.3, -0.25) is 14.4 Å². The molecule has 0 radical (unpaired) electrons. The van der Waals surface area contributed by atoms with Gasteiger partial charge in [-0.25, -0.2) is 4.90 Å². The smallest absolute Gasteiger partial charge is 0.283 e. The first-order valence-corrected chi connectivity index (χ1v) is 11.2. The van der Waals surface area contributed by atoms with E-state index < -0.39 is 11.8 Å². The number of halogens is 1. The third kappa shape index (κ3) is 4.45. The maximum Gasteiger partial charge on any atom is 0.283 e. The molecule has 0 atom stereocenters. The van der Waals surface area contributed by atoms with Gasteiger partial charge in [0.25, 0.3) is 17.7 Å². The van der Waals surface area contributed by atoms with Crippen molar-refractivity contribution in [2.24, 2.45) is 0 Å². The van der Waals surface area contributed by atoms with Gasteiger partial charge in [-0.15, -0.1) is 0 Å². The highest BCUT2D eigenvalue weighted by molar-refractivity contribution is 6.53. The summed E-state index contributed by atoms with van der Waals surface area (Å²) in [5.41, 5.74) is 3.17. The highest BCUT2D eigenvalue weighted by atomic mass is 35.5. The van der Waals surface area contributed by atoms with Gasteiger partial charge in [0.15, 0.2) is 0 Å². The molecular weight excluding hydrogens is 450 g/mol. The molecule has 34 heavy (non-hydrogen) atoms. The summed E-state index contributed by atoms with van der Waals surface area (Å²) in [5, 5.41) is 2.74. The van der Waals surface area contributed by atoms with E-state index in [1.54, 1.807) is 43.4 Å². The highest BCUT2D eigenvalue weighted by Gasteiger charge is 2.39. The van der Waals surface area contributed by atoms with Gasteiger partial charge in [-0.05, 0) is 53.9 Å². The number of para-hydroxylation sites is 1. The molecule has 0 aromatic heterocycles. The fourth-order valence-corrected chi connectivity index (χ4v) is 3.90. The molecule has 7 heteroatoms. The first-order valence-electron chi connectivity index (χ1n) is 10.9. The van der Waals surface area contributed by atoms with Crippen molar-refractivity contribution in [3.05, 3.63) is 101 Å². The Morgan fingerprint density at radius 3 is 2.24 bits per heavy atom. The Balaban J connectivity index is 1.55. The second-order valence-electron chi connectivity index (χ2n) is 8.29. The zero-order valence-electron chi connectivity index (χ0n) is 19.1. The molecule has 1 aliphatic rings. The molecule has 3 aromatic carbocycles. The summed E-state index contributed by atoms with van der Waals surface area (Å²) in [7, 11) is 1.69. The molecule has 172 valence electrons. The molecule has 0 fully saturated rings. The molecule has 1 N–H and O–H groups in total. The van der Waals surface area contributed by atoms with E-state index in [1.807, 2.05) is 42.5 Å². The van der Waals surface area contributed by atoms with Crippen LogP contribution in [0.15, 0.2) is 89.6 Å². The van der Waals surface area contributed by atoms with Crippen LogP contribution in [0.2, 0.25) is 0 Å². The monoisotopic (exact) mass is 473 g/mol. The molecule has 1 heterocycles. The number of benzene rings is 3. The molecule has 4 rings (SSSR count). The summed E-state index contributed by atoms with van der Waals surface area (Å²) in [4.78, 5) is 41.4. The van der Waals surface area contributed by atoms with Crippen molar-refractivity contribution in [2.75, 3.05) is 22.2 Å². The average molecular weight is 474 g/mol. The summed E-state index contributed by atoms with van der Waals surface area (Å²) in [6, 6.07) is 23.2. The van der Waals surface area contributed by atoms with Gasteiger partial charge in [-0.1, -0.05) is 61.8 Å². The fourth-order valence-electron chi connectivity index (χ4n) is 3.69. The number of carbonyl (C=O) groups excluding carboxylic acids is 3. The van der Waals surface area contributed by atoms with Crippen molar-refractivity contribution in [3.63, 3.8) is 0 Å². The molecular formula is C27H24ClN3O3. The Bertz CT molecular complexity index is 1280. The molecule has 3 amide bonds. The van der Waals surface area contributed by atoms with E-state index in [2.05, 4.69) is 19.2 Å². The maximum atomic E-state index is 13.1. The number of anilines is 3. The minimum atomic E-state index is -0.595. The Morgan fingerprint density at radius 2 is 1.59 bits per heavy atom. The van der Waals surface area contributed by atoms with Gasteiger partial charge in [0.05, 0.1) is 5.69 Å². The number of hydrogen-bond acceptors (Lipinski definition) is 4. The van der Waals surface area contributed by atoms with E-state index in [4.69, 9.17) is 11.6 Å². The number of nitrogens with zero attached hydrogens (tertiary/aromatic N) is 2. The molecule has 0 unspecified atom stereocenters. The van der Waals surface area contributed by atoms with Crippen molar-refractivity contribution >= 4 is 46.4 Å². The minimum Gasteiger partial charge on any atom is -0.350 e. The second kappa shape index (κ2) is 9.53. The minimum absolute atomic E-state index is 0.0272. The topological polar surface area (TPSA) is 69.7 Å². The Morgan fingerprint density at radius 1 is 0.912 bits per heavy atom. The maximum absolute atomic E-state index is 13.1. The van der Waals surface area contributed by atoms with Gasteiger partial charge in [-0.2, -0.15) is 0 Å². The van der Waals surface area contributed by atoms with E-state index in [0.29, 0.717) is 22.9 Å². The predicted molar refractivity (Wildman–Crippen MR) is 135 cm³/mol. The number of amides is 3. The van der Waals surface area contributed by atoms with Gasteiger partial charge in [0.2, 0.25) is 0 Å². The zero-order valence-corrected chi connectivity index (χ0v) is 19.8. The Kier molecular flexibility index (Phi) is 6.52. The van der Waals surface area contributed by atoms with Crippen molar-refractivity contribution in [3.8, 4) is 0 Å². The number of nitrogens with one attached hydrogen (secondary N) is 1. The fraction of sp³-hybridized carbons (Fsp3) is 0.148. The van der Waals surface area contributed by atoms with Gasteiger partial charge in [0.1, 0.15) is 10.7 Å². The molecule has 3 aromatic rings. The molecule has 0 saturated carbocycles. The number of hydrogen-bond donors (Lipinski definition) is 1. The number of imide groups is 1. The lowest BCUT2D eigenvalue weighted by atomic mass is 10.0. The lowest BCUT2D eigenvalue weighted by molar-refractivity contribution is -0.120. The Labute approximate surface area is 203 Å². The average Bonchev–Trinajstić information content (AvgIpc) is 3.06. The summed E-state index contributed by atoms with van der Waals surface area (Å²) < 4.78 is 0. The Hall–Kier alpha value is -3.90. The third-order valence-corrected chi connectivity index (χ3v) is 6.02. The van der Waals surface area contributed by atoms with Crippen molar-refractivity contribution in [1.29, 1.82) is 0 Å². The third-order valence-electron chi connectivity index (χ3n) is 5.67. The van der Waals surface area contributed by atoms with Crippen LogP contribution in [0.25, 0.3) is 0 Å². The van der Waals surface area contributed by atoms with E-state index in [9.17, 15) is 14.4 Å². The van der Waals surface area contributed by atoms with Gasteiger partial charge in [0, 0.05) is 24.0 Å². The largest absolute Gasteiger partial charge is 0.350 e. The van der Waals surface area contributed by atoms with Crippen LogP contribution in [-0.4, -0.2) is 24.8 Å². The SMILES string of the molecule is CC(C)c1ccc(N2C(=O)C(Cl)=C(Nc3cccc(C(=O)N(C)c4ccccc4)c3)C2=O)cc1. The first kappa shape index (κ1) is 23.3. The second-order valence-corrected chi connectivity index (χ2v) is 8.66. The molecule has 6 nitrogen and oxygen atoms in total. The quantitative estimate of drug-likeness (QED) is 0.478. The normalized spacial score (nSPS) is 13.6. The van der Waals surface area contributed by atoms with Crippen LogP contribution in [0.5, 0.6) is 0 Å². The van der Waals surface area contributed by atoms with E-state index in [1.165, 1.54) is 4.90 Å². The lowest BCUT2D eigenvalue weighted by Crippen LogP contribution is -2.32. The van der Waals surface area contributed by atoms with Gasteiger partial charge < -0.3 is 10.2 Å². The molecule has 0 spiro atoms. The van der Waals surface area contributed by atoms with Gasteiger partial charge >= 0.3 is 0 Å². The molecule has 0 saturated heterocycles. The molecule has 1 aliphatic heterocycles. The number of rotatable bonds is 6. The zero-order chi connectivity index (χ0) is 24.4. The van der Waals surface area contributed by atoms with E-state index >= 15 is 0 Å².